The second kappa shape index (κ2) is 12.5. The minimum Gasteiger partial charge on any atom is -1.00 e. The first-order chi connectivity index (χ1) is 12.4. The fraction of sp³-hybridized carbons (Fsp3) is 0.250. The van der Waals surface area contributed by atoms with Crippen molar-refractivity contribution >= 4 is 33.1 Å². The minimum absolute atomic E-state index is 0. The quantitative estimate of drug-likeness (QED) is 0.358. The van der Waals surface area contributed by atoms with Crippen molar-refractivity contribution in [3.05, 3.63) is 91.0 Å². The molecule has 3 aromatic rings. The van der Waals surface area contributed by atoms with Crippen molar-refractivity contribution < 1.29 is 17.0 Å². The van der Waals surface area contributed by atoms with Crippen molar-refractivity contribution in [1.82, 2.24) is 0 Å². The topological polar surface area (TPSA) is 0 Å². The van der Waals surface area contributed by atoms with E-state index in [2.05, 4.69) is 97.9 Å². The smallest absolute Gasteiger partial charge is 0.112 e. The van der Waals surface area contributed by atoms with Crippen molar-refractivity contribution in [3.8, 4) is 0 Å². The summed E-state index contributed by atoms with van der Waals surface area (Å²) in [7, 11) is -1.59. The van der Waals surface area contributed by atoms with Gasteiger partial charge in [0.1, 0.15) is 23.2 Å². The maximum Gasteiger partial charge on any atom is 0.112 e. The second-order valence-electron chi connectivity index (χ2n) is 6.60. The molecular weight excluding hydrogens is 430 g/mol. The van der Waals surface area contributed by atoms with Crippen molar-refractivity contribution in [3.63, 3.8) is 0 Å². The zero-order valence-electron chi connectivity index (χ0n) is 16.2. The molecule has 0 spiro atoms. The largest absolute Gasteiger partial charge is 1.00 e. The van der Waals surface area contributed by atoms with Gasteiger partial charge in [0.25, 0.3) is 0 Å². The molecule has 0 amide bonds. The molecule has 0 fully saturated rings. The Bertz CT molecular complexity index is 648. The van der Waals surface area contributed by atoms with Crippen LogP contribution in [0.15, 0.2) is 91.0 Å². The highest BCUT2D eigenvalue weighted by Crippen LogP contribution is 2.55. The van der Waals surface area contributed by atoms with E-state index < -0.39 is 7.26 Å². The summed E-state index contributed by atoms with van der Waals surface area (Å²) in [6.45, 7) is 2.29. The number of hydrogen-bond acceptors (Lipinski definition) is 0. The summed E-state index contributed by atoms with van der Waals surface area (Å²) in [6, 6.07) is 33.6. The van der Waals surface area contributed by atoms with E-state index in [4.69, 9.17) is 0 Å². The highest BCUT2D eigenvalue weighted by atomic mass is 79.9. The number of unbranched alkanes of at least 4 members (excludes halogenated alkanes) is 3. The summed E-state index contributed by atoms with van der Waals surface area (Å²) < 4.78 is 0. The molecule has 0 saturated carbocycles. The van der Waals surface area contributed by atoms with Gasteiger partial charge in [-0.3, -0.25) is 0 Å². The Hall–Kier alpha value is -1.000. The molecule has 0 radical (unpaired) electrons. The van der Waals surface area contributed by atoms with Crippen molar-refractivity contribution in [2.24, 2.45) is 0 Å². The van der Waals surface area contributed by atoms with Crippen molar-refractivity contribution in [2.45, 2.75) is 32.6 Å². The van der Waals surface area contributed by atoms with Gasteiger partial charge in [-0.05, 0) is 49.2 Å². The van der Waals surface area contributed by atoms with Crippen LogP contribution in [0.2, 0.25) is 0 Å². The SMILES string of the molecule is CCCCCC[P+](c1ccccc1)(c1ccccc1)c1ccccc1.P.[Br-]. The maximum absolute atomic E-state index is 2.34. The lowest BCUT2D eigenvalue weighted by Gasteiger charge is -2.27. The van der Waals surface area contributed by atoms with Crippen molar-refractivity contribution in [2.75, 3.05) is 6.16 Å². The zero-order chi connectivity index (χ0) is 17.4. The van der Waals surface area contributed by atoms with E-state index >= 15 is 0 Å². The van der Waals surface area contributed by atoms with Crippen LogP contribution in [0.25, 0.3) is 0 Å². The molecule has 3 aromatic carbocycles. The Labute approximate surface area is 179 Å². The highest BCUT2D eigenvalue weighted by molar-refractivity contribution is 7.95. The molecule has 0 aliphatic rings. The van der Waals surface area contributed by atoms with E-state index in [1.54, 1.807) is 0 Å². The van der Waals surface area contributed by atoms with Gasteiger partial charge in [-0.1, -0.05) is 74.4 Å². The van der Waals surface area contributed by atoms with Crippen LogP contribution in [-0.4, -0.2) is 6.16 Å². The Morgan fingerprint density at radius 1 is 0.556 bits per heavy atom. The molecule has 0 nitrogen and oxygen atoms in total. The molecule has 27 heavy (non-hydrogen) atoms. The first kappa shape index (κ1) is 24.0. The Morgan fingerprint density at radius 3 is 1.26 bits per heavy atom. The summed E-state index contributed by atoms with van der Waals surface area (Å²) in [5.41, 5.74) is 0. The highest BCUT2D eigenvalue weighted by Gasteiger charge is 2.44. The standard InChI is InChI=1S/C24H28P.BrH.H3P/c1-2-3-4-14-21-25(22-15-8-5-9-16-22,23-17-10-6-11-18-23)24-19-12-7-13-20-24;;/h5-13,15-20H,2-4,14,21H2,1H3;1H;1H3/q+1;;/p-1. The fourth-order valence-electron chi connectivity index (χ4n) is 3.66. The lowest BCUT2D eigenvalue weighted by atomic mass is 10.2. The van der Waals surface area contributed by atoms with Crippen molar-refractivity contribution in [1.29, 1.82) is 0 Å². The van der Waals surface area contributed by atoms with Gasteiger partial charge in [0.15, 0.2) is 0 Å². The number of rotatable bonds is 8. The van der Waals surface area contributed by atoms with Crippen LogP contribution in [0, 0.1) is 0 Å². The van der Waals surface area contributed by atoms with Gasteiger partial charge in [0.2, 0.25) is 0 Å². The summed E-state index contributed by atoms with van der Waals surface area (Å²) in [5.74, 6) is 0. The lowest BCUT2D eigenvalue weighted by Crippen LogP contribution is -3.00. The van der Waals surface area contributed by atoms with Crippen LogP contribution in [0.3, 0.4) is 0 Å². The van der Waals surface area contributed by atoms with Gasteiger partial charge in [-0.15, -0.1) is 0 Å². The van der Waals surface area contributed by atoms with E-state index in [9.17, 15) is 0 Å². The van der Waals surface area contributed by atoms with E-state index in [-0.39, 0.29) is 26.9 Å². The average molecular weight is 461 g/mol. The molecule has 0 aromatic heterocycles. The normalized spacial score (nSPS) is 10.6. The molecule has 0 aliphatic heterocycles. The number of hydrogen-bond donors (Lipinski definition) is 0. The Kier molecular flexibility index (Phi) is 11.1. The second-order valence-corrected chi connectivity index (χ2v) is 10.2. The zero-order valence-corrected chi connectivity index (χ0v) is 20.1. The Morgan fingerprint density at radius 2 is 0.926 bits per heavy atom. The van der Waals surface area contributed by atoms with E-state index in [1.165, 1.54) is 47.8 Å². The van der Waals surface area contributed by atoms with Crippen LogP contribution < -0.4 is 32.9 Å². The first-order valence-corrected chi connectivity index (χ1v) is 11.4. The summed E-state index contributed by atoms with van der Waals surface area (Å²) >= 11 is 0. The molecule has 3 rings (SSSR count). The molecule has 0 saturated heterocycles. The molecule has 0 bridgehead atoms. The lowest BCUT2D eigenvalue weighted by molar-refractivity contribution is -0.00000513. The third-order valence-corrected chi connectivity index (χ3v) is 9.46. The number of halogens is 1. The van der Waals surface area contributed by atoms with Gasteiger partial charge in [0.05, 0.1) is 6.16 Å². The molecule has 0 N–H and O–H groups in total. The molecule has 0 heterocycles. The van der Waals surface area contributed by atoms with Gasteiger partial charge in [-0.25, -0.2) is 0 Å². The van der Waals surface area contributed by atoms with Gasteiger partial charge in [0, 0.05) is 0 Å². The average Bonchev–Trinajstić information content (AvgIpc) is 2.70. The molecule has 144 valence electrons. The molecule has 1 atom stereocenters. The Balaban J connectivity index is 0.00000182. The predicted octanol–water partition coefficient (Wildman–Crippen LogP) is 2.62. The van der Waals surface area contributed by atoms with E-state index in [0.29, 0.717) is 0 Å². The number of benzene rings is 3. The maximum atomic E-state index is 2.34. The third kappa shape index (κ3) is 5.74. The first-order valence-electron chi connectivity index (χ1n) is 9.43. The van der Waals surface area contributed by atoms with Crippen LogP contribution in [0.4, 0.5) is 0 Å². The van der Waals surface area contributed by atoms with Gasteiger partial charge >= 0.3 is 0 Å². The van der Waals surface area contributed by atoms with E-state index in [0.717, 1.165) is 0 Å². The van der Waals surface area contributed by atoms with Crippen LogP contribution in [0.1, 0.15) is 32.6 Å². The summed E-state index contributed by atoms with van der Waals surface area (Å²) in [4.78, 5) is 0. The van der Waals surface area contributed by atoms with E-state index in [1.807, 2.05) is 0 Å². The molecule has 0 aliphatic carbocycles. The monoisotopic (exact) mass is 460 g/mol. The molecule has 3 heteroatoms. The molecule has 1 unspecified atom stereocenters. The van der Waals surface area contributed by atoms with Gasteiger partial charge < -0.3 is 17.0 Å². The van der Waals surface area contributed by atoms with Crippen LogP contribution in [0.5, 0.6) is 0 Å². The minimum atomic E-state index is -1.59. The predicted molar refractivity (Wildman–Crippen MR) is 125 cm³/mol. The molecular formula is C24H31BrP2. The summed E-state index contributed by atoms with van der Waals surface area (Å²) in [6.07, 6.45) is 6.49. The fourth-order valence-corrected chi connectivity index (χ4v) is 8.07. The van der Waals surface area contributed by atoms with Crippen LogP contribution >= 0.6 is 17.2 Å². The third-order valence-electron chi connectivity index (χ3n) is 4.94. The van der Waals surface area contributed by atoms with Gasteiger partial charge in [-0.2, -0.15) is 9.90 Å². The van der Waals surface area contributed by atoms with Crippen LogP contribution in [-0.2, 0) is 0 Å². The summed E-state index contributed by atoms with van der Waals surface area (Å²) in [5, 5.41) is 4.51.